The summed E-state index contributed by atoms with van der Waals surface area (Å²) in [5.74, 6) is 0.908. The minimum atomic E-state index is -0.452. The molecule has 2 aromatic carbocycles. The molecule has 0 unspecified atom stereocenters. The Bertz CT molecular complexity index is 550. The molecule has 0 fully saturated rings. The molecule has 0 radical (unpaired) electrons. The molecule has 0 aliphatic heterocycles. The van der Waals surface area contributed by atoms with Crippen LogP contribution in [0.25, 0.3) is 0 Å². The molecule has 0 bridgehead atoms. The van der Waals surface area contributed by atoms with E-state index < -0.39 is 5.91 Å². The lowest BCUT2D eigenvalue weighted by Gasteiger charge is -2.07. The lowest BCUT2D eigenvalue weighted by atomic mass is 10.2. The van der Waals surface area contributed by atoms with Gasteiger partial charge in [-0.15, -0.1) is 0 Å². The van der Waals surface area contributed by atoms with Crippen LogP contribution in [0.5, 0.6) is 11.5 Å². The van der Waals surface area contributed by atoms with E-state index in [1.807, 2.05) is 24.3 Å². The number of amides is 1. The molecule has 0 atom stereocenters. The quantitative estimate of drug-likeness (QED) is 0.861. The Hall–Kier alpha value is -2.33. The van der Waals surface area contributed by atoms with Crippen LogP contribution in [-0.4, -0.2) is 5.91 Å². The number of benzene rings is 2. The van der Waals surface area contributed by atoms with E-state index in [4.69, 9.17) is 16.2 Å². The average molecular weight is 242 g/mol. The monoisotopic (exact) mass is 242 g/mol. The van der Waals surface area contributed by atoms with Gasteiger partial charge in [-0.3, -0.25) is 4.79 Å². The van der Waals surface area contributed by atoms with Crippen LogP contribution in [0, 0.1) is 0 Å². The van der Waals surface area contributed by atoms with Gasteiger partial charge in [0, 0.05) is 12.1 Å². The smallest absolute Gasteiger partial charge is 0.248 e. The van der Waals surface area contributed by atoms with Crippen molar-refractivity contribution in [2.24, 2.45) is 11.5 Å². The second-order valence-electron chi connectivity index (χ2n) is 3.84. The first-order chi connectivity index (χ1) is 8.69. The van der Waals surface area contributed by atoms with Gasteiger partial charge in [0.2, 0.25) is 5.91 Å². The van der Waals surface area contributed by atoms with Crippen molar-refractivity contribution in [2.45, 2.75) is 6.54 Å². The molecule has 0 aromatic heterocycles. The highest BCUT2D eigenvalue weighted by Gasteiger charge is 2.01. The summed E-state index contributed by atoms with van der Waals surface area (Å²) in [6.45, 7) is 0.470. The first kappa shape index (κ1) is 12.1. The zero-order valence-electron chi connectivity index (χ0n) is 9.80. The highest BCUT2D eigenvalue weighted by molar-refractivity contribution is 5.92. The Morgan fingerprint density at radius 2 is 1.78 bits per heavy atom. The second kappa shape index (κ2) is 5.33. The first-order valence-electron chi connectivity index (χ1n) is 5.56. The molecule has 0 aliphatic rings. The van der Waals surface area contributed by atoms with Gasteiger partial charge in [0.05, 0.1) is 0 Å². The molecule has 0 saturated carbocycles. The van der Waals surface area contributed by atoms with Gasteiger partial charge < -0.3 is 16.2 Å². The lowest BCUT2D eigenvalue weighted by molar-refractivity contribution is 0.100. The third kappa shape index (κ3) is 2.87. The number of carbonyl (C=O) groups excluding carboxylic acids is 1. The van der Waals surface area contributed by atoms with Crippen molar-refractivity contribution in [3.05, 3.63) is 59.7 Å². The number of primary amides is 1. The van der Waals surface area contributed by atoms with E-state index in [9.17, 15) is 4.79 Å². The van der Waals surface area contributed by atoms with Crippen LogP contribution in [0.4, 0.5) is 0 Å². The number of hydrogen-bond acceptors (Lipinski definition) is 3. The van der Waals surface area contributed by atoms with Crippen LogP contribution in [0.1, 0.15) is 15.9 Å². The van der Waals surface area contributed by atoms with Crippen LogP contribution < -0.4 is 16.2 Å². The molecule has 0 spiro atoms. The van der Waals surface area contributed by atoms with Gasteiger partial charge in [0.25, 0.3) is 0 Å². The summed E-state index contributed by atoms with van der Waals surface area (Å²) in [4.78, 5) is 10.9. The van der Waals surface area contributed by atoms with Crippen LogP contribution in [0.2, 0.25) is 0 Å². The van der Waals surface area contributed by atoms with Crippen molar-refractivity contribution in [3.63, 3.8) is 0 Å². The van der Waals surface area contributed by atoms with Crippen molar-refractivity contribution in [2.75, 3.05) is 0 Å². The van der Waals surface area contributed by atoms with E-state index in [1.54, 1.807) is 24.3 Å². The number of hydrogen-bond donors (Lipinski definition) is 2. The molecule has 0 heterocycles. The Morgan fingerprint density at radius 1 is 1.06 bits per heavy atom. The Morgan fingerprint density at radius 3 is 2.39 bits per heavy atom. The van der Waals surface area contributed by atoms with Crippen LogP contribution >= 0.6 is 0 Å². The molecule has 2 aromatic rings. The van der Waals surface area contributed by atoms with E-state index in [0.29, 0.717) is 23.6 Å². The molecular weight excluding hydrogens is 228 g/mol. The minimum Gasteiger partial charge on any atom is -0.457 e. The fourth-order valence-electron chi connectivity index (χ4n) is 1.56. The number of carbonyl (C=O) groups is 1. The number of rotatable bonds is 4. The van der Waals surface area contributed by atoms with Crippen molar-refractivity contribution < 1.29 is 9.53 Å². The predicted octanol–water partition coefficient (Wildman–Crippen LogP) is 2.04. The van der Waals surface area contributed by atoms with Gasteiger partial charge in [0.1, 0.15) is 11.5 Å². The molecule has 18 heavy (non-hydrogen) atoms. The minimum absolute atomic E-state index is 0.452. The molecule has 4 nitrogen and oxygen atoms in total. The maximum Gasteiger partial charge on any atom is 0.248 e. The summed E-state index contributed by atoms with van der Waals surface area (Å²) < 4.78 is 5.65. The zero-order valence-corrected chi connectivity index (χ0v) is 9.80. The highest BCUT2D eigenvalue weighted by atomic mass is 16.5. The number of ether oxygens (including phenoxy) is 1. The van der Waals surface area contributed by atoms with E-state index in [1.165, 1.54) is 0 Å². The summed E-state index contributed by atoms with van der Waals surface area (Å²) in [6.07, 6.45) is 0. The van der Waals surface area contributed by atoms with Gasteiger partial charge in [-0.2, -0.15) is 0 Å². The van der Waals surface area contributed by atoms with E-state index >= 15 is 0 Å². The fourth-order valence-corrected chi connectivity index (χ4v) is 1.56. The highest BCUT2D eigenvalue weighted by Crippen LogP contribution is 2.22. The maximum atomic E-state index is 10.9. The van der Waals surface area contributed by atoms with Crippen molar-refractivity contribution in [1.29, 1.82) is 0 Å². The molecule has 92 valence electrons. The summed E-state index contributed by atoms with van der Waals surface area (Å²) in [5, 5.41) is 0. The van der Waals surface area contributed by atoms with E-state index in [0.717, 1.165) is 5.56 Å². The summed E-state index contributed by atoms with van der Waals surface area (Å²) in [6, 6.07) is 14.2. The Balaban J connectivity index is 2.15. The maximum absolute atomic E-state index is 10.9. The lowest BCUT2D eigenvalue weighted by Crippen LogP contribution is -2.10. The van der Waals surface area contributed by atoms with Crippen LogP contribution in [0.15, 0.2) is 48.5 Å². The SMILES string of the molecule is NCc1cccc(Oc2ccc(C(N)=O)cc2)c1. The normalized spacial score (nSPS) is 10.1. The summed E-state index contributed by atoms with van der Waals surface area (Å²) >= 11 is 0. The fraction of sp³-hybridized carbons (Fsp3) is 0.0714. The zero-order chi connectivity index (χ0) is 13.0. The Labute approximate surface area is 105 Å². The van der Waals surface area contributed by atoms with E-state index in [2.05, 4.69) is 0 Å². The molecule has 4 heteroatoms. The molecule has 0 saturated heterocycles. The number of nitrogens with two attached hydrogens (primary N) is 2. The van der Waals surface area contributed by atoms with E-state index in [-0.39, 0.29) is 0 Å². The summed E-state index contributed by atoms with van der Waals surface area (Å²) in [7, 11) is 0. The first-order valence-corrected chi connectivity index (χ1v) is 5.56. The molecule has 1 amide bonds. The van der Waals surface area contributed by atoms with Gasteiger partial charge in [-0.25, -0.2) is 0 Å². The topological polar surface area (TPSA) is 78.3 Å². The third-order valence-electron chi connectivity index (χ3n) is 2.51. The van der Waals surface area contributed by atoms with Gasteiger partial charge >= 0.3 is 0 Å². The largest absolute Gasteiger partial charge is 0.457 e. The average Bonchev–Trinajstić information content (AvgIpc) is 2.39. The molecule has 0 aliphatic carbocycles. The standard InChI is InChI=1S/C14H14N2O2/c15-9-10-2-1-3-13(8-10)18-12-6-4-11(5-7-12)14(16)17/h1-8H,9,15H2,(H2,16,17). The molecular formula is C14H14N2O2. The van der Waals surface area contributed by atoms with Crippen molar-refractivity contribution in [3.8, 4) is 11.5 Å². The molecule has 4 N–H and O–H groups in total. The van der Waals surface area contributed by atoms with Crippen LogP contribution in [0.3, 0.4) is 0 Å². The van der Waals surface area contributed by atoms with Gasteiger partial charge in [-0.1, -0.05) is 12.1 Å². The van der Waals surface area contributed by atoms with Gasteiger partial charge in [-0.05, 0) is 42.0 Å². The summed E-state index contributed by atoms with van der Waals surface area (Å²) in [5.41, 5.74) is 12.2. The van der Waals surface area contributed by atoms with Crippen molar-refractivity contribution >= 4 is 5.91 Å². The second-order valence-corrected chi connectivity index (χ2v) is 3.84. The third-order valence-corrected chi connectivity index (χ3v) is 2.51. The molecule has 2 rings (SSSR count). The predicted molar refractivity (Wildman–Crippen MR) is 69.4 cm³/mol. The Kier molecular flexibility index (Phi) is 3.60. The van der Waals surface area contributed by atoms with Crippen molar-refractivity contribution in [1.82, 2.24) is 0 Å². The van der Waals surface area contributed by atoms with Gasteiger partial charge in [0.15, 0.2) is 0 Å². The van der Waals surface area contributed by atoms with Crippen LogP contribution in [-0.2, 0) is 6.54 Å².